The van der Waals surface area contributed by atoms with Gasteiger partial charge in [0.1, 0.15) is 11.5 Å². The number of methoxy groups -OCH3 is 2. The summed E-state index contributed by atoms with van der Waals surface area (Å²) in [5.41, 5.74) is 6.03. The number of carbonyl (C=O) groups excluding carboxylic acids is 1. The topological polar surface area (TPSA) is 60.5 Å². The van der Waals surface area contributed by atoms with Crippen molar-refractivity contribution in [3.63, 3.8) is 0 Å². The first-order valence-corrected chi connectivity index (χ1v) is 9.37. The van der Waals surface area contributed by atoms with Crippen molar-refractivity contribution in [2.24, 2.45) is 0 Å². The number of aromatic nitrogens is 1. The fraction of sp³-hybridized carbons (Fsp3) is 0.238. The van der Waals surface area contributed by atoms with Crippen LogP contribution in [0.25, 0.3) is 11.3 Å². The summed E-state index contributed by atoms with van der Waals surface area (Å²) < 4.78 is 10.4. The largest absolute Gasteiger partial charge is 0.497 e. The second-order valence-electron chi connectivity index (χ2n) is 6.34. The zero-order valence-electron chi connectivity index (χ0n) is 16.0. The van der Waals surface area contributed by atoms with E-state index in [1.165, 1.54) is 28.0 Å². The summed E-state index contributed by atoms with van der Waals surface area (Å²) >= 11 is 1.40. The average molecular weight is 382 g/mol. The van der Waals surface area contributed by atoms with Gasteiger partial charge in [-0.2, -0.15) is 0 Å². The van der Waals surface area contributed by atoms with Crippen LogP contribution in [0.2, 0.25) is 0 Å². The predicted octanol–water partition coefficient (Wildman–Crippen LogP) is 5.00. The van der Waals surface area contributed by atoms with E-state index in [2.05, 4.69) is 43.2 Å². The molecule has 1 aromatic heterocycles. The summed E-state index contributed by atoms with van der Waals surface area (Å²) in [7, 11) is 3.10. The second-order valence-corrected chi connectivity index (χ2v) is 7.20. The summed E-state index contributed by atoms with van der Waals surface area (Å²) in [5, 5.41) is 5.36. The van der Waals surface area contributed by atoms with Gasteiger partial charge in [0.15, 0.2) is 5.13 Å². The molecular formula is C21H22N2O3S. The third-order valence-electron chi connectivity index (χ3n) is 4.45. The zero-order chi connectivity index (χ0) is 19.6. The van der Waals surface area contributed by atoms with E-state index in [0.717, 1.165) is 11.3 Å². The Balaban J connectivity index is 1.84. The minimum Gasteiger partial charge on any atom is -0.497 e. The number of carbonyl (C=O) groups is 1. The maximum atomic E-state index is 12.6. The first-order valence-electron chi connectivity index (χ1n) is 8.49. The molecule has 5 nitrogen and oxygen atoms in total. The number of ether oxygens (including phenoxy) is 2. The van der Waals surface area contributed by atoms with Gasteiger partial charge in [-0.25, -0.2) is 4.98 Å². The number of benzene rings is 2. The lowest BCUT2D eigenvalue weighted by atomic mass is 9.99. The van der Waals surface area contributed by atoms with Crippen LogP contribution in [0.4, 0.5) is 5.13 Å². The van der Waals surface area contributed by atoms with E-state index in [-0.39, 0.29) is 5.91 Å². The van der Waals surface area contributed by atoms with Gasteiger partial charge in [-0.3, -0.25) is 10.1 Å². The van der Waals surface area contributed by atoms with Crippen LogP contribution in [0, 0.1) is 20.8 Å². The molecule has 0 aliphatic rings. The van der Waals surface area contributed by atoms with Gasteiger partial charge in [-0.05, 0) is 55.7 Å². The van der Waals surface area contributed by atoms with Gasteiger partial charge >= 0.3 is 0 Å². The fourth-order valence-electron chi connectivity index (χ4n) is 2.80. The van der Waals surface area contributed by atoms with E-state index in [9.17, 15) is 4.79 Å². The van der Waals surface area contributed by atoms with Gasteiger partial charge in [-0.15, -0.1) is 11.3 Å². The molecular weight excluding hydrogens is 360 g/mol. The van der Waals surface area contributed by atoms with Crippen LogP contribution in [-0.2, 0) is 0 Å². The third kappa shape index (κ3) is 4.11. The Morgan fingerprint density at radius 3 is 2.19 bits per heavy atom. The molecule has 0 radical (unpaired) electrons. The van der Waals surface area contributed by atoms with E-state index < -0.39 is 0 Å². The fourth-order valence-corrected chi connectivity index (χ4v) is 3.50. The Morgan fingerprint density at radius 2 is 1.56 bits per heavy atom. The number of nitrogens with zero attached hydrogens (tertiary/aromatic N) is 1. The summed E-state index contributed by atoms with van der Waals surface area (Å²) in [6.45, 7) is 6.26. The quantitative estimate of drug-likeness (QED) is 0.674. The molecule has 0 saturated carbocycles. The molecule has 0 bridgehead atoms. The van der Waals surface area contributed by atoms with Crippen LogP contribution < -0.4 is 14.8 Å². The lowest BCUT2D eigenvalue weighted by molar-refractivity contribution is 0.102. The molecule has 0 fully saturated rings. The highest BCUT2D eigenvalue weighted by Gasteiger charge is 2.14. The molecule has 0 atom stereocenters. The second kappa shape index (κ2) is 7.80. The van der Waals surface area contributed by atoms with Crippen LogP contribution >= 0.6 is 11.3 Å². The highest BCUT2D eigenvalue weighted by atomic mass is 32.1. The van der Waals surface area contributed by atoms with Gasteiger partial charge in [0.05, 0.1) is 19.9 Å². The molecule has 0 aliphatic carbocycles. The van der Waals surface area contributed by atoms with E-state index >= 15 is 0 Å². The van der Waals surface area contributed by atoms with Crippen LogP contribution in [0.15, 0.2) is 35.7 Å². The molecule has 6 heteroatoms. The summed E-state index contributed by atoms with van der Waals surface area (Å²) in [5.74, 6) is 0.861. The van der Waals surface area contributed by atoms with Crippen molar-refractivity contribution < 1.29 is 14.3 Å². The van der Waals surface area contributed by atoms with Crippen LogP contribution in [0.3, 0.4) is 0 Å². The maximum Gasteiger partial charge on any atom is 0.257 e. The van der Waals surface area contributed by atoms with Crippen molar-refractivity contribution in [2.75, 3.05) is 19.5 Å². The molecule has 2 aromatic carbocycles. The number of amides is 1. The normalized spacial score (nSPS) is 10.6. The minimum absolute atomic E-state index is 0.259. The van der Waals surface area contributed by atoms with E-state index in [1.54, 1.807) is 32.4 Å². The molecule has 3 aromatic rings. The Hall–Kier alpha value is -2.86. The zero-order valence-corrected chi connectivity index (χ0v) is 16.9. The number of thiazole rings is 1. The van der Waals surface area contributed by atoms with Crippen LogP contribution in [0.5, 0.6) is 11.5 Å². The van der Waals surface area contributed by atoms with Crippen molar-refractivity contribution >= 4 is 22.4 Å². The monoisotopic (exact) mass is 382 g/mol. The number of anilines is 1. The Morgan fingerprint density at radius 1 is 0.926 bits per heavy atom. The Kier molecular flexibility index (Phi) is 5.46. The van der Waals surface area contributed by atoms with Crippen LogP contribution in [0.1, 0.15) is 27.0 Å². The van der Waals surface area contributed by atoms with Crippen molar-refractivity contribution in [3.8, 4) is 22.8 Å². The van der Waals surface area contributed by atoms with E-state index in [4.69, 9.17) is 9.47 Å². The number of hydrogen-bond acceptors (Lipinski definition) is 5. The summed E-state index contributed by atoms with van der Waals surface area (Å²) in [6.07, 6.45) is 0. The molecule has 0 unspecified atom stereocenters. The van der Waals surface area contributed by atoms with Gasteiger partial charge in [0.2, 0.25) is 0 Å². The highest BCUT2D eigenvalue weighted by molar-refractivity contribution is 7.14. The predicted molar refractivity (Wildman–Crippen MR) is 109 cm³/mol. The molecule has 1 N–H and O–H groups in total. The maximum absolute atomic E-state index is 12.6. The molecule has 3 rings (SSSR count). The van der Waals surface area contributed by atoms with E-state index in [1.807, 2.05) is 5.38 Å². The smallest absolute Gasteiger partial charge is 0.257 e. The van der Waals surface area contributed by atoms with Gasteiger partial charge in [0, 0.05) is 22.6 Å². The molecule has 1 amide bonds. The average Bonchev–Trinajstić information content (AvgIpc) is 3.12. The van der Waals surface area contributed by atoms with Crippen LogP contribution in [-0.4, -0.2) is 25.1 Å². The van der Waals surface area contributed by atoms with Gasteiger partial charge in [-0.1, -0.05) is 6.07 Å². The lowest BCUT2D eigenvalue weighted by Crippen LogP contribution is -2.12. The number of nitrogens with one attached hydrogen (secondary N) is 1. The van der Waals surface area contributed by atoms with Crippen molar-refractivity contribution in [2.45, 2.75) is 20.8 Å². The molecule has 0 aliphatic heterocycles. The van der Waals surface area contributed by atoms with Gasteiger partial charge < -0.3 is 9.47 Å². The standard InChI is InChI=1S/C21H22N2O3S/c1-12-6-14(3)18(7-13(12)2)19-11-27-21(22-19)23-20(24)15-8-16(25-4)10-17(9-15)26-5/h6-11H,1-5H3,(H,22,23,24). The first kappa shape index (κ1) is 18.9. The molecule has 1 heterocycles. The van der Waals surface area contributed by atoms with Gasteiger partial charge in [0.25, 0.3) is 5.91 Å². The summed E-state index contributed by atoms with van der Waals surface area (Å²) in [4.78, 5) is 17.2. The molecule has 27 heavy (non-hydrogen) atoms. The Bertz CT molecular complexity index is 973. The van der Waals surface area contributed by atoms with Crippen molar-refractivity contribution in [1.82, 2.24) is 4.98 Å². The first-order chi connectivity index (χ1) is 12.9. The molecule has 0 spiro atoms. The Labute approximate surface area is 163 Å². The van der Waals surface area contributed by atoms with Crippen molar-refractivity contribution in [3.05, 3.63) is 58.0 Å². The third-order valence-corrected chi connectivity index (χ3v) is 5.21. The molecule has 0 saturated heterocycles. The minimum atomic E-state index is -0.259. The van der Waals surface area contributed by atoms with Crippen molar-refractivity contribution in [1.29, 1.82) is 0 Å². The highest BCUT2D eigenvalue weighted by Crippen LogP contribution is 2.30. The summed E-state index contributed by atoms with van der Waals surface area (Å²) in [6, 6.07) is 9.35. The van der Waals surface area contributed by atoms with E-state index in [0.29, 0.717) is 22.2 Å². The lowest BCUT2D eigenvalue weighted by Gasteiger charge is -2.08. The number of hydrogen-bond donors (Lipinski definition) is 1. The molecule has 140 valence electrons. The SMILES string of the molecule is COc1cc(OC)cc(C(=O)Nc2nc(-c3cc(C)c(C)cc3C)cs2)c1. The number of aryl methyl sites for hydroxylation is 3. The number of rotatable bonds is 5.